The minimum absolute atomic E-state index is 0.289. The van der Waals surface area contributed by atoms with Gasteiger partial charge in [-0.2, -0.15) is 0 Å². The third-order valence-electron chi connectivity index (χ3n) is 0.856. The summed E-state index contributed by atoms with van der Waals surface area (Å²) in [6, 6.07) is 0. The first-order valence-electron chi connectivity index (χ1n) is 2.17. The van der Waals surface area contributed by atoms with Gasteiger partial charge in [0.05, 0.1) is 0 Å². The fourth-order valence-electron chi connectivity index (χ4n) is 0.0756. The Morgan fingerprint density at radius 1 is 2.00 bits per heavy atom. The van der Waals surface area contributed by atoms with Crippen LogP contribution in [-0.4, -0.2) is 23.2 Å². The second-order valence-corrected chi connectivity index (χ2v) is 1.90. The van der Waals surface area contributed by atoms with Gasteiger partial charge in [0.2, 0.25) is 0 Å². The molecule has 0 rings (SSSR count). The summed E-state index contributed by atoms with van der Waals surface area (Å²) >= 11 is 0. The van der Waals surface area contributed by atoms with Crippen LogP contribution in [0.25, 0.3) is 0 Å². The molecule has 0 fully saturated rings. The molecule has 4 N–H and O–H groups in total. The van der Waals surface area contributed by atoms with Crippen molar-refractivity contribution >= 4 is 5.97 Å². The molecule has 0 aliphatic carbocycles. The number of rotatable bonds is 2. The molecule has 0 saturated heterocycles. The highest BCUT2D eigenvalue weighted by molar-refractivity contribution is 5.78. The Morgan fingerprint density at radius 3 is 2.38 bits per heavy atom. The summed E-state index contributed by atoms with van der Waals surface area (Å²) in [6.07, 6.45) is 0. The van der Waals surface area contributed by atoms with Crippen LogP contribution in [-0.2, 0) is 4.79 Å². The molecule has 4 heteroatoms. The predicted octanol–water partition coefficient (Wildman–Crippen LogP) is -0.929. The molecular weight excluding hydrogens is 108 g/mol. The van der Waals surface area contributed by atoms with E-state index in [2.05, 4.69) is 0 Å². The van der Waals surface area contributed by atoms with Gasteiger partial charge in [-0.15, -0.1) is 0 Å². The summed E-state index contributed by atoms with van der Waals surface area (Å²) in [5.74, 6) is -1.13. The van der Waals surface area contributed by atoms with Crippen LogP contribution in [0.1, 0.15) is 6.92 Å². The maximum atomic E-state index is 10.0. The van der Waals surface area contributed by atoms with Gasteiger partial charge in [-0.05, 0) is 6.92 Å². The number of nitrogens with two attached hydrogens (primary N) is 1. The van der Waals surface area contributed by atoms with Crippen LogP contribution < -0.4 is 11.5 Å². The van der Waals surface area contributed by atoms with Crippen LogP contribution in [0, 0.1) is 0 Å². The highest BCUT2D eigenvalue weighted by Gasteiger charge is 2.25. The van der Waals surface area contributed by atoms with Gasteiger partial charge >= 0.3 is 5.97 Å². The summed E-state index contributed by atoms with van der Waals surface area (Å²) in [5.41, 5.74) is 10.3. The number of hydrogen-bond donors (Lipinski definition) is 2. The Balaban J connectivity index is 3.91. The third-order valence-corrected chi connectivity index (χ3v) is 0.856. The Hall–Kier alpha value is -0.610. The minimum atomic E-state index is -1.38. The molecule has 0 aromatic rings. The predicted molar refractivity (Wildman–Crippen MR) is 28.2 cm³/mol. The molecule has 0 aromatic heterocycles. The lowest BCUT2D eigenvalue weighted by atomic mass is 10.1. The molecule has 0 heterocycles. The summed E-state index contributed by atoms with van der Waals surface area (Å²) in [5, 5.41) is 8.20. The Kier molecular flexibility index (Phi) is 1.94. The molecule has 0 bridgehead atoms. The molecule has 0 spiro atoms. The minimum Gasteiger partial charge on any atom is -0.480 e. The third kappa shape index (κ3) is 1.48. The molecule has 0 saturated carbocycles. The van der Waals surface area contributed by atoms with E-state index < -0.39 is 11.5 Å². The Labute approximate surface area is 47.5 Å². The fraction of sp³-hybridized carbons (Fsp3) is 0.750. The zero-order chi connectivity index (χ0) is 6.78. The van der Waals surface area contributed by atoms with Gasteiger partial charge in [-0.1, -0.05) is 0 Å². The molecule has 1 radical (unpaired) electrons. The van der Waals surface area contributed by atoms with Crippen LogP contribution in [0.15, 0.2) is 0 Å². The largest absolute Gasteiger partial charge is 0.480 e. The Morgan fingerprint density at radius 2 is 2.38 bits per heavy atom. The van der Waals surface area contributed by atoms with E-state index in [0.29, 0.717) is 0 Å². The second-order valence-electron chi connectivity index (χ2n) is 1.90. The lowest BCUT2D eigenvalue weighted by molar-refractivity contribution is -0.142. The van der Waals surface area contributed by atoms with Gasteiger partial charge in [0.15, 0.2) is 0 Å². The van der Waals surface area contributed by atoms with Crippen LogP contribution in [0.4, 0.5) is 0 Å². The van der Waals surface area contributed by atoms with Crippen molar-refractivity contribution in [2.45, 2.75) is 12.5 Å². The van der Waals surface area contributed by atoms with Crippen molar-refractivity contribution in [1.82, 2.24) is 5.73 Å². The van der Waals surface area contributed by atoms with Crippen molar-refractivity contribution in [3.8, 4) is 0 Å². The van der Waals surface area contributed by atoms with Crippen molar-refractivity contribution in [2.75, 3.05) is 6.54 Å². The molecule has 4 nitrogen and oxygen atoms in total. The molecule has 47 valence electrons. The lowest BCUT2D eigenvalue weighted by Crippen LogP contribution is -2.48. The van der Waals surface area contributed by atoms with E-state index in [1.807, 2.05) is 0 Å². The lowest BCUT2D eigenvalue weighted by Gasteiger charge is -2.14. The van der Waals surface area contributed by atoms with E-state index >= 15 is 0 Å². The SMILES string of the molecule is CC(N)(C[NH])C(=O)O. The van der Waals surface area contributed by atoms with Crippen LogP contribution in [0.3, 0.4) is 0 Å². The van der Waals surface area contributed by atoms with Crippen molar-refractivity contribution in [1.29, 1.82) is 0 Å². The Bertz CT molecular complexity index is 100. The van der Waals surface area contributed by atoms with Crippen LogP contribution >= 0.6 is 0 Å². The number of aliphatic carboxylic acids is 1. The standard InChI is InChI=1S/C4H9N2O2/c1-4(6,2-5)3(7)8/h5H,2,6H2,1H3,(H,7,8). The van der Waals surface area contributed by atoms with E-state index in [-0.39, 0.29) is 6.54 Å². The summed E-state index contributed by atoms with van der Waals surface area (Å²) in [4.78, 5) is 10.0. The van der Waals surface area contributed by atoms with E-state index in [9.17, 15) is 4.79 Å². The van der Waals surface area contributed by atoms with E-state index in [0.717, 1.165) is 0 Å². The molecule has 0 aliphatic heterocycles. The van der Waals surface area contributed by atoms with Gasteiger partial charge in [0.1, 0.15) is 5.54 Å². The maximum absolute atomic E-state index is 10.0. The maximum Gasteiger partial charge on any atom is 0.324 e. The van der Waals surface area contributed by atoms with E-state index in [1.54, 1.807) is 0 Å². The van der Waals surface area contributed by atoms with Crippen molar-refractivity contribution in [2.24, 2.45) is 5.73 Å². The normalized spacial score (nSPS) is 17.4. The van der Waals surface area contributed by atoms with Crippen LogP contribution in [0.5, 0.6) is 0 Å². The van der Waals surface area contributed by atoms with Crippen LogP contribution in [0.2, 0.25) is 0 Å². The first-order valence-corrected chi connectivity index (χ1v) is 2.17. The first kappa shape index (κ1) is 7.39. The zero-order valence-corrected chi connectivity index (χ0v) is 4.64. The monoisotopic (exact) mass is 117 g/mol. The highest BCUT2D eigenvalue weighted by Crippen LogP contribution is 1.94. The molecule has 8 heavy (non-hydrogen) atoms. The second kappa shape index (κ2) is 2.11. The first-order chi connectivity index (χ1) is 3.50. The average Bonchev–Trinajstić information content (AvgIpc) is 1.67. The average molecular weight is 117 g/mol. The summed E-state index contributed by atoms with van der Waals surface area (Å²) in [7, 11) is 0. The summed E-state index contributed by atoms with van der Waals surface area (Å²) < 4.78 is 0. The number of carboxylic acid groups (broad SMARTS) is 1. The smallest absolute Gasteiger partial charge is 0.324 e. The van der Waals surface area contributed by atoms with Gasteiger partial charge in [-0.25, -0.2) is 0 Å². The number of carbonyl (C=O) groups is 1. The van der Waals surface area contributed by atoms with Crippen molar-refractivity contribution < 1.29 is 9.90 Å². The topological polar surface area (TPSA) is 87.1 Å². The van der Waals surface area contributed by atoms with Gasteiger partial charge in [-0.3, -0.25) is 10.5 Å². The highest BCUT2D eigenvalue weighted by atomic mass is 16.4. The van der Waals surface area contributed by atoms with Crippen molar-refractivity contribution in [3.05, 3.63) is 0 Å². The number of nitrogens with one attached hydrogen (secondary N) is 1. The number of carboxylic acids is 1. The quantitative estimate of drug-likeness (QED) is 0.490. The fourth-order valence-corrected chi connectivity index (χ4v) is 0.0756. The van der Waals surface area contributed by atoms with E-state index in [4.69, 9.17) is 16.6 Å². The van der Waals surface area contributed by atoms with Gasteiger partial charge in [0.25, 0.3) is 0 Å². The molecule has 0 amide bonds. The van der Waals surface area contributed by atoms with E-state index in [1.165, 1.54) is 6.92 Å². The molecule has 1 unspecified atom stereocenters. The molecule has 0 aromatic carbocycles. The molecule has 0 aliphatic rings. The van der Waals surface area contributed by atoms with Gasteiger partial charge in [0, 0.05) is 6.54 Å². The zero-order valence-electron chi connectivity index (χ0n) is 4.64. The number of hydrogen-bond acceptors (Lipinski definition) is 2. The van der Waals surface area contributed by atoms with Crippen molar-refractivity contribution in [3.63, 3.8) is 0 Å². The van der Waals surface area contributed by atoms with Gasteiger partial charge < -0.3 is 10.8 Å². The molecular formula is C4H9N2O2. The molecule has 1 atom stereocenters. The summed E-state index contributed by atoms with van der Waals surface area (Å²) in [6.45, 7) is 1.02.